The van der Waals surface area contributed by atoms with Gasteiger partial charge in [-0.1, -0.05) is 0 Å². The van der Waals surface area contributed by atoms with Crippen LogP contribution >= 0.6 is 0 Å². The van der Waals surface area contributed by atoms with Crippen LogP contribution in [0.1, 0.15) is 0 Å². The summed E-state index contributed by atoms with van der Waals surface area (Å²) in [6.07, 6.45) is -7.52. The number of hydrogen-bond donors (Lipinski definition) is 1. The molecule has 3 nitrogen and oxygen atoms in total. The van der Waals surface area contributed by atoms with E-state index in [9.17, 15) is 61.9 Å². The molecule has 172 valence electrons. The second-order valence-electron chi connectivity index (χ2n) is 5.55. The summed E-state index contributed by atoms with van der Waals surface area (Å²) in [6.45, 7) is 0. The number of anilines is 1. The SMILES string of the molecule is COc1ccc(NC(=O)C(F)(F)C(F)(F)C(F)(F)C(F)(F)C(F)(F)C(F)(F)F)cc1. The molecule has 0 atom stereocenters. The Hall–Kier alpha value is -2.42. The summed E-state index contributed by atoms with van der Waals surface area (Å²) in [7, 11) is 1.13. The van der Waals surface area contributed by atoms with Gasteiger partial charge in [-0.15, -0.1) is 0 Å². The highest BCUT2D eigenvalue weighted by Crippen LogP contribution is 2.60. The number of methoxy groups -OCH3 is 1. The zero-order chi connectivity index (χ0) is 24.0. The van der Waals surface area contributed by atoms with Crippen molar-refractivity contribution in [3.63, 3.8) is 0 Å². The summed E-state index contributed by atoms with van der Waals surface area (Å²) < 4.78 is 173. The standard InChI is InChI=1S/C14H8F13NO2/c1-30-7-4-2-6(3-5-7)28-8(29)9(15,16)10(17,18)11(19,20)12(21,22)13(23,24)14(25,26)27/h2-5H,1H3,(H,28,29). The van der Waals surface area contributed by atoms with Crippen LogP contribution in [0.15, 0.2) is 24.3 Å². The molecule has 1 rings (SSSR count). The Morgan fingerprint density at radius 2 is 1.10 bits per heavy atom. The van der Waals surface area contributed by atoms with Crippen LogP contribution in [0, 0.1) is 0 Å². The van der Waals surface area contributed by atoms with Crippen LogP contribution in [0.4, 0.5) is 62.8 Å². The Bertz CT molecular complexity index is 771. The summed E-state index contributed by atoms with van der Waals surface area (Å²) in [5.74, 6) is -41.8. The first-order valence-corrected chi connectivity index (χ1v) is 7.09. The molecular weight excluding hydrogens is 461 g/mol. The maximum absolute atomic E-state index is 13.6. The third-order valence-corrected chi connectivity index (χ3v) is 3.57. The van der Waals surface area contributed by atoms with Gasteiger partial charge in [-0.25, -0.2) is 0 Å². The molecule has 0 aliphatic rings. The molecule has 0 bridgehead atoms. The van der Waals surface area contributed by atoms with Crippen molar-refractivity contribution in [3.05, 3.63) is 24.3 Å². The minimum Gasteiger partial charge on any atom is -0.497 e. The van der Waals surface area contributed by atoms with Crippen molar-refractivity contribution in [2.45, 2.75) is 35.8 Å². The van der Waals surface area contributed by atoms with E-state index in [0.717, 1.165) is 24.6 Å². The van der Waals surface area contributed by atoms with Crippen molar-refractivity contribution < 1.29 is 66.6 Å². The van der Waals surface area contributed by atoms with Gasteiger partial charge in [0.15, 0.2) is 0 Å². The topological polar surface area (TPSA) is 38.3 Å². The molecule has 30 heavy (non-hydrogen) atoms. The van der Waals surface area contributed by atoms with Crippen molar-refractivity contribution in [2.75, 3.05) is 12.4 Å². The molecule has 0 fully saturated rings. The molecule has 0 aromatic heterocycles. The molecule has 0 aliphatic carbocycles. The fourth-order valence-electron chi connectivity index (χ4n) is 1.80. The maximum atomic E-state index is 13.6. The molecule has 0 saturated heterocycles. The van der Waals surface area contributed by atoms with Crippen molar-refractivity contribution in [3.8, 4) is 5.75 Å². The largest absolute Gasteiger partial charge is 0.497 e. The predicted molar refractivity (Wildman–Crippen MR) is 72.4 cm³/mol. The lowest BCUT2D eigenvalue weighted by Crippen LogP contribution is -2.71. The van der Waals surface area contributed by atoms with Gasteiger partial charge in [0.1, 0.15) is 5.75 Å². The molecule has 1 amide bonds. The molecule has 1 aromatic carbocycles. The minimum atomic E-state index is -8.06. The van der Waals surface area contributed by atoms with Crippen LogP contribution in [-0.2, 0) is 4.79 Å². The van der Waals surface area contributed by atoms with E-state index in [2.05, 4.69) is 4.74 Å². The van der Waals surface area contributed by atoms with E-state index in [0.29, 0.717) is 12.1 Å². The summed E-state index contributed by atoms with van der Waals surface area (Å²) in [4.78, 5) is 11.3. The van der Waals surface area contributed by atoms with E-state index >= 15 is 0 Å². The van der Waals surface area contributed by atoms with Gasteiger partial charge in [0.2, 0.25) is 0 Å². The van der Waals surface area contributed by atoms with Gasteiger partial charge in [0.25, 0.3) is 0 Å². The van der Waals surface area contributed by atoms with E-state index in [1.807, 2.05) is 0 Å². The van der Waals surface area contributed by atoms with Crippen LogP contribution in [0.2, 0.25) is 0 Å². The molecule has 1 N–H and O–H groups in total. The second kappa shape index (κ2) is 7.37. The normalized spacial score (nSPS) is 14.5. The van der Waals surface area contributed by atoms with Crippen LogP contribution in [0.25, 0.3) is 0 Å². The zero-order valence-corrected chi connectivity index (χ0v) is 14.0. The van der Waals surface area contributed by atoms with Gasteiger partial charge in [0.05, 0.1) is 7.11 Å². The molecule has 0 radical (unpaired) electrons. The van der Waals surface area contributed by atoms with Crippen LogP contribution < -0.4 is 10.1 Å². The predicted octanol–water partition coefficient (Wildman–Crippen LogP) is 5.37. The number of benzene rings is 1. The number of ether oxygens (including phenoxy) is 1. The monoisotopic (exact) mass is 469 g/mol. The summed E-state index contributed by atoms with van der Waals surface area (Å²) in [5.41, 5.74) is -0.785. The van der Waals surface area contributed by atoms with Crippen molar-refractivity contribution in [2.24, 2.45) is 0 Å². The summed E-state index contributed by atoms with van der Waals surface area (Å²) in [6, 6.07) is 3.29. The first-order chi connectivity index (χ1) is 13.2. The zero-order valence-electron chi connectivity index (χ0n) is 14.0. The highest BCUT2D eigenvalue weighted by molar-refractivity contribution is 5.97. The third kappa shape index (κ3) is 3.71. The van der Waals surface area contributed by atoms with Crippen LogP contribution in [0.5, 0.6) is 5.75 Å². The van der Waals surface area contributed by atoms with Crippen molar-refractivity contribution in [1.29, 1.82) is 0 Å². The van der Waals surface area contributed by atoms with E-state index in [1.54, 1.807) is 0 Å². The molecule has 1 aromatic rings. The van der Waals surface area contributed by atoms with Crippen molar-refractivity contribution in [1.82, 2.24) is 0 Å². The third-order valence-electron chi connectivity index (χ3n) is 3.57. The molecule has 0 unspecified atom stereocenters. The Morgan fingerprint density at radius 3 is 1.47 bits per heavy atom. The Morgan fingerprint density at radius 1 is 0.700 bits per heavy atom. The highest BCUT2D eigenvalue weighted by atomic mass is 19.4. The molecular formula is C14H8F13NO2. The summed E-state index contributed by atoms with van der Waals surface area (Å²) >= 11 is 0. The van der Waals surface area contributed by atoms with E-state index in [-0.39, 0.29) is 5.75 Å². The quantitative estimate of drug-likeness (QED) is 0.546. The van der Waals surface area contributed by atoms with Gasteiger partial charge in [-0.3, -0.25) is 4.79 Å². The number of amides is 1. The Balaban J connectivity index is 3.34. The average molecular weight is 469 g/mol. The Kier molecular flexibility index (Phi) is 6.29. The van der Waals surface area contributed by atoms with E-state index in [1.165, 1.54) is 0 Å². The van der Waals surface area contributed by atoms with Crippen molar-refractivity contribution >= 4 is 11.6 Å². The summed E-state index contributed by atoms with van der Waals surface area (Å²) in [5, 5.41) is 0.920. The fourth-order valence-corrected chi connectivity index (χ4v) is 1.80. The molecule has 0 saturated carbocycles. The molecule has 0 spiro atoms. The first kappa shape index (κ1) is 25.6. The van der Waals surface area contributed by atoms with E-state index < -0.39 is 47.4 Å². The average Bonchev–Trinajstić information content (AvgIpc) is 2.60. The lowest BCUT2D eigenvalue weighted by atomic mass is 9.93. The fraction of sp³-hybridized carbons (Fsp3) is 0.500. The van der Waals surface area contributed by atoms with Gasteiger partial charge >= 0.3 is 41.7 Å². The number of hydrogen-bond acceptors (Lipinski definition) is 2. The lowest BCUT2D eigenvalue weighted by Gasteiger charge is -2.39. The number of carbonyl (C=O) groups is 1. The van der Waals surface area contributed by atoms with Crippen LogP contribution in [-0.4, -0.2) is 48.8 Å². The van der Waals surface area contributed by atoms with Gasteiger partial charge in [-0.2, -0.15) is 57.1 Å². The minimum absolute atomic E-state index is 0.0330. The van der Waals surface area contributed by atoms with Crippen LogP contribution in [0.3, 0.4) is 0 Å². The molecule has 16 heteroatoms. The number of rotatable bonds is 7. The van der Waals surface area contributed by atoms with Gasteiger partial charge in [-0.05, 0) is 24.3 Å². The van der Waals surface area contributed by atoms with Gasteiger partial charge < -0.3 is 10.1 Å². The van der Waals surface area contributed by atoms with E-state index in [4.69, 9.17) is 0 Å². The molecule has 0 heterocycles. The number of carbonyl (C=O) groups excluding carboxylic acids is 1. The second-order valence-corrected chi connectivity index (χ2v) is 5.55. The number of nitrogens with one attached hydrogen (secondary N) is 1. The van der Waals surface area contributed by atoms with Gasteiger partial charge in [0, 0.05) is 5.69 Å². The number of alkyl halides is 13. The maximum Gasteiger partial charge on any atom is 0.460 e. The lowest BCUT2D eigenvalue weighted by molar-refractivity contribution is -0.435. The first-order valence-electron chi connectivity index (χ1n) is 7.09. The highest BCUT2D eigenvalue weighted by Gasteiger charge is 2.91. The Labute approximate surface area is 157 Å². The number of halogens is 13. The molecule has 0 aliphatic heterocycles. The smallest absolute Gasteiger partial charge is 0.460 e.